The molecule has 1 rings (SSSR count). The molecule has 0 radical (unpaired) electrons. The fraction of sp³-hybridized carbons (Fsp3) is 0.667. The van der Waals surface area contributed by atoms with E-state index in [1.807, 2.05) is 18.7 Å². The van der Waals surface area contributed by atoms with Crippen molar-refractivity contribution in [2.75, 3.05) is 24.6 Å². The molecule has 0 N–H and O–H groups in total. The third-order valence-corrected chi connectivity index (χ3v) is 2.50. The van der Waals surface area contributed by atoms with Gasteiger partial charge in [0.1, 0.15) is 0 Å². The van der Waals surface area contributed by atoms with Gasteiger partial charge in [0.2, 0.25) is 0 Å². The van der Waals surface area contributed by atoms with Crippen molar-refractivity contribution in [3.63, 3.8) is 0 Å². The SMILES string of the molecule is CCCCOc1ncc(F)c(N(CC)CC)n1. The molecule has 0 saturated carbocycles. The maximum absolute atomic E-state index is 13.6. The highest BCUT2D eigenvalue weighted by Gasteiger charge is 2.12. The normalized spacial score (nSPS) is 10.4. The molecule has 96 valence electrons. The lowest BCUT2D eigenvalue weighted by atomic mass is 10.4. The quantitative estimate of drug-likeness (QED) is 0.688. The second kappa shape index (κ2) is 7.04. The van der Waals surface area contributed by atoms with Crippen molar-refractivity contribution in [3.8, 4) is 6.01 Å². The summed E-state index contributed by atoms with van der Waals surface area (Å²) in [5, 5.41) is 0. The van der Waals surface area contributed by atoms with Crippen LogP contribution in [0.5, 0.6) is 6.01 Å². The minimum absolute atomic E-state index is 0.252. The van der Waals surface area contributed by atoms with E-state index >= 15 is 0 Å². The van der Waals surface area contributed by atoms with Crippen molar-refractivity contribution < 1.29 is 9.13 Å². The van der Waals surface area contributed by atoms with Gasteiger partial charge in [0.15, 0.2) is 11.6 Å². The van der Waals surface area contributed by atoms with Crippen LogP contribution in [0.15, 0.2) is 6.20 Å². The molecule has 0 amide bonds. The summed E-state index contributed by atoms with van der Waals surface area (Å²) in [6.45, 7) is 7.99. The van der Waals surface area contributed by atoms with Crippen LogP contribution >= 0.6 is 0 Å². The van der Waals surface area contributed by atoms with Crippen LogP contribution in [-0.2, 0) is 0 Å². The molecule has 17 heavy (non-hydrogen) atoms. The van der Waals surface area contributed by atoms with E-state index in [0.29, 0.717) is 25.5 Å². The van der Waals surface area contributed by atoms with E-state index in [0.717, 1.165) is 12.8 Å². The number of hydrogen-bond acceptors (Lipinski definition) is 4. The van der Waals surface area contributed by atoms with Gasteiger partial charge < -0.3 is 9.64 Å². The van der Waals surface area contributed by atoms with Gasteiger partial charge in [0.25, 0.3) is 0 Å². The molecule has 0 saturated heterocycles. The summed E-state index contributed by atoms with van der Waals surface area (Å²) in [6, 6.07) is 0.252. The first kappa shape index (κ1) is 13.7. The fourth-order valence-electron chi connectivity index (χ4n) is 1.46. The third kappa shape index (κ3) is 3.84. The Labute approximate surface area is 102 Å². The van der Waals surface area contributed by atoms with Gasteiger partial charge in [-0.05, 0) is 20.3 Å². The molecule has 0 atom stereocenters. The first-order valence-corrected chi connectivity index (χ1v) is 6.13. The highest BCUT2D eigenvalue weighted by Crippen LogP contribution is 2.17. The topological polar surface area (TPSA) is 38.2 Å². The summed E-state index contributed by atoms with van der Waals surface area (Å²) in [4.78, 5) is 9.77. The Morgan fingerprint density at radius 1 is 1.29 bits per heavy atom. The van der Waals surface area contributed by atoms with Gasteiger partial charge in [-0.15, -0.1) is 0 Å². The zero-order valence-electron chi connectivity index (χ0n) is 10.7. The summed E-state index contributed by atoms with van der Waals surface area (Å²) in [5.41, 5.74) is 0. The van der Waals surface area contributed by atoms with E-state index in [2.05, 4.69) is 16.9 Å². The largest absolute Gasteiger partial charge is 0.463 e. The zero-order valence-corrected chi connectivity index (χ0v) is 10.7. The van der Waals surface area contributed by atoms with Crippen LogP contribution in [0.4, 0.5) is 10.2 Å². The third-order valence-electron chi connectivity index (χ3n) is 2.50. The Bertz CT molecular complexity index is 343. The molecule has 0 bridgehead atoms. The first-order chi connectivity index (χ1) is 8.22. The van der Waals surface area contributed by atoms with Gasteiger partial charge in [-0.1, -0.05) is 13.3 Å². The minimum Gasteiger partial charge on any atom is -0.463 e. The van der Waals surface area contributed by atoms with E-state index in [1.165, 1.54) is 6.20 Å². The summed E-state index contributed by atoms with van der Waals surface area (Å²) < 4.78 is 18.9. The number of ether oxygens (including phenoxy) is 1. The van der Waals surface area contributed by atoms with Gasteiger partial charge in [-0.3, -0.25) is 0 Å². The van der Waals surface area contributed by atoms with Crippen LogP contribution in [0.1, 0.15) is 33.6 Å². The lowest BCUT2D eigenvalue weighted by Crippen LogP contribution is -2.24. The summed E-state index contributed by atoms with van der Waals surface area (Å²) >= 11 is 0. The monoisotopic (exact) mass is 241 g/mol. The number of nitrogens with zero attached hydrogens (tertiary/aromatic N) is 3. The fourth-order valence-corrected chi connectivity index (χ4v) is 1.46. The summed E-state index contributed by atoms with van der Waals surface area (Å²) in [7, 11) is 0. The Hall–Kier alpha value is -1.39. The lowest BCUT2D eigenvalue weighted by Gasteiger charge is -2.20. The average Bonchev–Trinajstić information content (AvgIpc) is 2.34. The van der Waals surface area contributed by atoms with Crippen LogP contribution < -0.4 is 9.64 Å². The second-order valence-corrected chi connectivity index (χ2v) is 3.70. The molecular formula is C12H20FN3O. The van der Waals surface area contributed by atoms with Gasteiger partial charge in [-0.25, -0.2) is 9.37 Å². The molecule has 1 heterocycles. The maximum Gasteiger partial charge on any atom is 0.318 e. The Morgan fingerprint density at radius 3 is 2.59 bits per heavy atom. The number of aromatic nitrogens is 2. The molecule has 0 aromatic carbocycles. The molecule has 0 spiro atoms. The number of rotatable bonds is 7. The Kier molecular flexibility index (Phi) is 5.66. The zero-order chi connectivity index (χ0) is 12.7. The van der Waals surface area contributed by atoms with Gasteiger partial charge in [-0.2, -0.15) is 4.98 Å². The van der Waals surface area contributed by atoms with Gasteiger partial charge >= 0.3 is 6.01 Å². The number of halogens is 1. The van der Waals surface area contributed by atoms with E-state index < -0.39 is 5.82 Å². The molecular weight excluding hydrogens is 221 g/mol. The molecule has 0 unspecified atom stereocenters. The molecule has 1 aromatic heterocycles. The van der Waals surface area contributed by atoms with Crippen molar-refractivity contribution >= 4 is 5.82 Å². The lowest BCUT2D eigenvalue weighted by molar-refractivity contribution is 0.284. The second-order valence-electron chi connectivity index (χ2n) is 3.70. The van der Waals surface area contributed by atoms with Crippen molar-refractivity contribution in [2.45, 2.75) is 33.6 Å². The van der Waals surface area contributed by atoms with Crippen LogP contribution in [-0.4, -0.2) is 29.7 Å². The van der Waals surface area contributed by atoms with Crippen molar-refractivity contribution in [1.82, 2.24) is 9.97 Å². The smallest absolute Gasteiger partial charge is 0.318 e. The van der Waals surface area contributed by atoms with Crippen LogP contribution in [0.3, 0.4) is 0 Å². The first-order valence-electron chi connectivity index (χ1n) is 6.13. The Morgan fingerprint density at radius 2 is 2.00 bits per heavy atom. The highest BCUT2D eigenvalue weighted by atomic mass is 19.1. The Balaban J connectivity index is 2.78. The van der Waals surface area contributed by atoms with E-state index in [4.69, 9.17) is 4.74 Å². The maximum atomic E-state index is 13.6. The average molecular weight is 241 g/mol. The molecule has 1 aromatic rings. The van der Waals surface area contributed by atoms with Crippen molar-refractivity contribution in [2.24, 2.45) is 0 Å². The molecule has 0 aliphatic rings. The van der Waals surface area contributed by atoms with E-state index in [-0.39, 0.29) is 6.01 Å². The van der Waals surface area contributed by atoms with Crippen molar-refractivity contribution in [3.05, 3.63) is 12.0 Å². The molecule has 0 aliphatic heterocycles. The van der Waals surface area contributed by atoms with Crippen molar-refractivity contribution in [1.29, 1.82) is 0 Å². The standard InChI is InChI=1S/C12H20FN3O/c1-4-7-8-17-12-14-9-10(13)11(15-12)16(5-2)6-3/h9H,4-8H2,1-3H3. The predicted octanol–water partition coefficient (Wildman–Crippen LogP) is 2.64. The van der Waals surface area contributed by atoms with E-state index in [1.54, 1.807) is 0 Å². The number of unbranched alkanes of at least 4 members (excludes halogenated alkanes) is 1. The number of hydrogen-bond donors (Lipinski definition) is 0. The van der Waals surface area contributed by atoms with Crippen LogP contribution in [0, 0.1) is 5.82 Å². The van der Waals surface area contributed by atoms with Crippen LogP contribution in [0.25, 0.3) is 0 Å². The summed E-state index contributed by atoms with van der Waals surface area (Å²) in [6.07, 6.45) is 3.16. The highest BCUT2D eigenvalue weighted by molar-refractivity contribution is 5.39. The van der Waals surface area contributed by atoms with Gasteiger partial charge in [0, 0.05) is 13.1 Å². The van der Waals surface area contributed by atoms with Crippen LogP contribution in [0.2, 0.25) is 0 Å². The van der Waals surface area contributed by atoms with Gasteiger partial charge in [0.05, 0.1) is 12.8 Å². The minimum atomic E-state index is -0.406. The molecule has 0 fully saturated rings. The predicted molar refractivity (Wildman–Crippen MR) is 66.0 cm³/mol. The molecule has 4 nitrogen and oxygen atoms in total. The molecule has 0 aliphatic carbocycles. The van der Waals surface area contributed by atoms with E-state index in [9.17, 15) is 4.39 Å². The molecule has 5 heteroatoms. The summed E-state index contributed by atoms with van der Waals surface area (Å²) in [5.74, 6) is -0.0898. The number of anilines is 1.